The second-order valence-corrected chi connectivity index (χ2v) is 6.34. The average molecular weight is 402 g/mol. The molecule has 0 fully saturated rings. The maximum Gasteiger partial charge on any atom is 0.267 e. The summed E-state index contributed by atoms with van der Waals surface area (Å²) in [4.78, 5) is 24.2. The summed E-state index contributed by atoms with van der Waals surface area (Å²) >= 11 is 6.05. The van der Waals surface area contributed by atoms with E-state index < -0.39 is 17.3 Å². The molecule has 1 N–H and O–H groups in total. The highest BCUT2D eigenvalue weighted by Crippen LogP contribution is 2.24. The molecule has 3 rings (SSSR count). The fourth-order valence-electron chi connectivity index (χ4n) is 2.56. The lowest BCUT2D eigenvalue weighted by molar-refractivity contribution is -0.122. The summed E-state index contributed by atoms with van der Waals surface area (Å²) in [7, 11) is 1.44. The summed E-state index contributed by atoms with van der Waals surface area (Å²) in [6.45, 7) is -0.0744. The lowest BCUT2D eigenvalue weighted by Gasteiger charge is -2.10. The van der Waals surface area contributed by atoms with Crippen LogP contribution in [-0.4, -0.2) is 22.8 Å². The van der Waals surface area contributed by atoms with Crippen LogP contribution >= 0.6 is 11.6 Å². The van der Waals surface area contributed by atoms with E-state index in [9.17, 15) is 14.0 Å². The molecule has 1 heterocycles. The van der Waals surface area contributed by atoms with Gasteiger partial charge in [-0.25, -0.2) is 9.07 Å². The van der Waals surface area contributed by atoms with Gasteiger partial charge in [-0.3, -0.25) is 9.59 Å². The Morgan fingerprint density at radius 3 is 2.71 bits per heavy atom. The Bertz CT molecular complexity index is 1070. The van der Waals surface area contributed by atoms with Crippen molar-refractivity contribution in [2.24, 2.45) is 0 Å². The van der Waals surface area contributed by atoms with E-state index in [2.05, 4.69) is 10.4 Å². The molecule has 0 bridgehead atoms. The minimum absolute atomic E-state index is 0.200. The van der Waals surface area contributed by atoms with E-state index in [1.54, 1.807) is 24.3 Å². The molecule has 0 atom stereocenters. The lowest BCUT2D eigenvalue weighted by atomic mass is 10.1. The van der Waals surface area contributed by atoms with E-state index in [1.807, 2.05) is 6.07 Å². The van der Waals surface area contributed by atoms with Crippen molar-refractivity contribution >= 4 is 17.5 Å². The van der Waals surface area contributed by atoms with Crippen LogP contribution < -0.4 is 15.6 Å². The Morgan fingerprint density at radius 1 is 1.21 bits per heavy atom. The summed E-state index contributed by atoms with van der Waals surface area (Å²) in [6.07, 6.45) is 0. The quantitative estimate of drug-likeness (QED) is 0.689. The van der Waals surface area contributed by atoms with Gasteiger partial charge >= 0.3 is 0 Å². The highest BCUT2D eigenvalue weighted by molar-refractivity contribution is 6.31. The number of benzene rings is 2. The summed E-state index contributed by atoms with van der Waals surface area (Å²) < 4.78 is 20.2. The Kier molecular flexibility index (Phi) is 6.06. The third-order valence-corrected chi connectivity index (χ3v) is 4.41. The first-order valence-corrected chi connectivity index (χ1v) is 8.78. The summed E-state index contributed by atoms with van der Waals surface area (Å²) in [5.41, 5.74) is 0.724. The molecule has 144 valence electrons. The van der Waals surface area contributed by atoms with Gasteiger partial charge in [0.25, 0.3) is 5.56 Å². The predicted octanol–water partition coefficient (Wildman–Crippen LogP) is 3.03. The van der Waals surface area contributed by atoms with Crippen molar-refractivity contribution in [2.75, 3.05) is 7.11 Å². The molecule has 0 saturated carbocycles. The second-order valence-electron chi connectivity index (χ2n) is 5.93. The molecule has 0 spiro atoms. The van der Waals surface area contributed by atoms with Gasteiger partial charge in [-0.05, 0) is 29.8 Å². The number of carbonyl (C=O) groups is 1. The average Bonchev–Trinajstić information content (AvgIpc) is 2.69. The Morgan fingerprint density at radius 2 is 2.00 bits per heavy atom. The van der Waals surface area contributed by atoms with Crippen LogP contribution in [0.15, 0.2) is 59.4 Å². The first-order chi connectivity index (χ1) is 13.5. The highest BCUT2D eigenvalue weighted by atomic mass is 35.5. The van der Waals surface area contributed by atoms with Crippen molar-refractivity contribution in [2.45, 2.75) is 13.1 Å². The zero-order chi connectivity index (χ0) is 20.1. The molecule has 28 heavy (non-hydrogen) atoms. The third kappa shape index (κ3) is 4.55. The zero-order valence-corrected chi connectivity index (χ0v) is 15.7. The lowest BCUT2D eigenvalue weighted by Crippen LogP contribution is -2.33. The van der Waals surface area contributed by atoms with Gasteiger partial charge in [-0.1, -0.05) is 29.8 Å². The van der Waals surface area contributed by atoms with E-state index in [0.717, 1.165) is 10.2 Å². The van der Waals surface area contributed by atoms with E-state index in [4.69, 9.17) is 16.3 Å². The smallest absolute Gasteiger partial charge is 0.267 e. The fraction of sp³-hybridized carbons (Fsp3) is 0.150. The van der Waals surface area contributed by atoms with Gasteiger partial charge in [-0.2, -0.15) is 5.10 Å². The fourth-order valence-corrected chi connectivity index (χ4v) is 2.77. The van der Waals surface area contributed by atoms with E-state index in [0.29, 0.717) is 10.8 Å². The highest BCUT2D eigenvalue weighted by Gasteiger charge is 2.12. The number of aromatic nitrogens is 2. The van der Waals surface area contributed by atoms with Crippen LogP contribution in [0.25, 0.3) is 11.3 Å². The van der Waals surface area contributed by atoms with Crippen LogP contribution in [0.1, 0.15) is 5.56 Å². The van der Waals surface area contributed by atoms with Crippen LogP contribution in [-0.2, 0) is 17.9 Å². The molecular formula is C20H17ClFN3O3. The van der Waals surface area contributed by atoms with Gasteiger partial charge < -0.3 is 10.1 Å². The molecule has 0 saturated heterocycles. The van der Waals surface area contributed by atoms with Crippen LogP contribution in [0, 0.1) is 5.82 Å². The second kappa shape index (κ2) is 8.67. The molecule has 0 unspecified atom stereocenters. The number of hydrogen-bond donors (Lipinski definition) is 1. The molecule has 0 aliphatic carbocycles. The Labute approximate surface area is 165 Å². The number of halogens is 2. The minimum atomic E-state index is -0.541. The van der Waals surface area contributed by atoms with Gasteiger partial charge in [-0.15, -0.1) is 0 Å². The third-order valence-electron chi connectivity index (χ3n) is 4.05. The van der Waals surface area contributed by atoms with Crippen LogP contribution in [0.5, 0.6) is 5.75 Å². The molecule has 2 aromatic carbocycles. The Balaban J connectivity index is 1.75. The van der Waals surface area contributed by atoms with Crippen molar-refractivity contribution in [1.29, 1.82) is 0 Å². The number of nitrogens with one attached hydrogen (secondary N) is 1. The van der Waals surface area contributed by atoms with Gasteiger partial charge in [0.05, 0.1) is 12.8 Å². The van der Waals surface area contributed by atoms with Crippen molar-refractivity contribution in [3.63, 3.8) is 0 Å². The van der Waals surface area contributed by atoms with Crippen LogP contribution in [0.3, 0.4) is 0 Å². The topological polar surface area (TPSA) is 73.2 Å². The number of hydrogen-bond acceptors (Lipinski definition) is 4. The molecule has 8 heteroatoms. The van der Waals surface area contributed by atoms with Gasteiger partial charge in [0.1, 0.15) is 18.1 Å². The van der Waals surface area contributed by atoms with Gasteiger partial charge in [0.15, 0.2) is 0 Å². The minimum Gasteiger partial charge on any atom is -0.497 e. The number of carbonyl (C=O) groups excluding carboxylic acids is 1. The van der Waals surface area contributed by atoms with Crippen molar-refractivity contribution in [3.8, 4) is 17.0 Å². The predicted molar refractivity (Wildman–Crippen MR) is 104 cm³/mol. The summed E-state index contributed by atoms with van der Waals surface area (Å²) in [5.74, 6) is -0.587. The maximum atomic E-state index is 14.3. The van der Waals surface area contributed by atoms with Crippen LogP contribution in [0.2, 0.25) is 5.02 Å². The number of ether oxygens (including phenoxy) is 1. The standard InChI is InChI=1S/C20H17ClFN3O3/c1-28-14-6-7-15(17(22)10-14)18-8-9-20(27)25(24-18)12-19(26)23-11-13-4-2-3-5-16(13)21/h2-10H,11-12H2,1H3,(H,23,26). The van der Waals surface area contributed by atoms with Gasteiger partial charge in [0, 0.05) is 29.3 Å². The SMILES string of the molecule is COc1ccc(-c2ccc(=O)n(CC(=O)NCc3ccccc3Cl)n2)c(F)c1. The molecule has 0 aliphatic heterocycles. The van der Waals surface area contributed by atoms with Crippen molar-refractivity contribution in [1.82, 2.24) is 15.1 Å². The van der Waals surface area contributed by atoms with Crippen molar-refractivity contribution in [3.05, 3.63) is 81.4 Å². The summed E-state index contributed by atoms with van der Waals surface area (Å²) in [5, 5.41) is 7.33. The molecule has 6 nitrogen and oxygen atoms in total. The van der Waals surface area contributed by atoms with Gasteiger partial charge in [0.2, 0.25) is 5.91 Å². The van der Waals surface area contributed by atoms with Crippen molar-refractivity contribution < 1.29 is 13.9 Å². The molecule has 3 aromatic rings. The van der Waals surface area contributed by atoms with E-state index in [1.165, 1.54) is 31.4 Å². The van der Waals surface area contributed by atoms with E-state index >= 15 is 0 Å². The number of methoxy groups -OCH3 is 1. The van der Waals surface area contributed by atoms with Crippen LogP contribution in [0.4, 0.5) is 4.39 Å². The molecule has 1 amide bonds. The first kappa shape index (κ1) is 19.6. The maximum absolute atomic E-state index is 14.3. The van der Waals surface area contributed by atoms with E-state index in [-0.39, 0.29) is 24.3 Å². The molecular weight excluding hydrogens is 385 g/mol. The normalized spacial score (nSPS) is 10.5. The molecule has 1 aromatic heterocycles. The number of amides is 1. The number of rotatable bonds is 6. The molecule has 0 radical (unpaired) electrons. The largest absolute Gasteiger partial charge is 0.497 e. The monoisotopic (exact) mass is 401 g/mol. The Hall–Kier alpha value is -3.19. The first-order valence-electron chi connectivity index (χ1n) is 8.40. The summed E-state index contributed by atoms with van der Waals surface area (Å²) in [6, 6.07) is 14.1. The zero-order valence-electron chi connectivity index (χ0n) is 15.0. The number of nitrogens with zero attached hydrogens (tertiary/aromatic N) is 2. The molecule has 0 aliphatic rings.